The molecule has 0 aliphatic carbocycles. The first-order valence-corrected chi connectivity index (χ1v) is 6.42. The molecular formula is C13H13NO3S. The first-order chi connectivity index (χ1) is 8.58. The smallest absolute Gasteiger partial charge is 0.327 e. The Bertz CT molecular complexity index is 476. The monoisotopic (exact) mass is 263 g/mol. The molecule has 1 aromatic rings. The van der Waals surface area contributed by atoms with Crippen LogP contribution in [-0.2, 0) is 4.79 Å². The first kappa shape index (κ1) is 14.1. The Morgan fingerprint density at radius 3 is 2.50 bits per heavy atom. The second-order valence-electron chi connectivity index (χ2n) is 3.50. The van der Waals surface area contributed by atoms with Gasteiger partial charge in [-0.25, -0.2) is 4.79 Å². The summed E-state index contributed by atoms with van der Waals surface area (Å²) in [5.41, 5.74) is 0.413. The van der Waals surface area contributed by atoms with Gasteiger partial charge in [-0.1, -0.05) is 0 Å². The fourth-order valence-electron chi connectivity index (χ4n) is 1.30. The zero-order valence-electron chi connectivity index (χ0n) is 9.84. The van der Waals surface area contributed by atoms with E-state index < -0.39 is 17.9 Å². The maximum atomic E-state index is 11.8. The van der Waals surface area contributed by atoms with Crippen LogP contribution >= 0.6 is 11.8 Å². The van der Waals surface area contributed by atoms with Crippen molar-refractivity contribution >= 4 is 23.6 Å². The SMILES string of the molecule is C#CCC(NC(=O)c1ccc(SC)cc1)C(=O)O. The van der Waals surface area contributed by atoms with Crippen LogP contribution in [0.5, 0.6) is 0 Å². The average Bonchev–Trinajstić information content (AvgIpc) is 2.38. The van der Waals surface area contributed by atoms with E-state index in [1.54, 1.807) is 36.0 Å². The van der Waals surface area contributed by atoms with Gasteiger partial charge >= 0.3 is 5.97 Å². The minimum atomic E-state index is -1.14. The summed E-state index contributed by atoms with van der Waals surface area (Å²) in [5.74, 6) is 0.649. The van der Waals surface area contributed by atoms with Crippen LogP contribution in [0.4, 0.5) is 0 Å². The third-order valence-corrected chi connectivity index (χ3v) is 3.02. The Balaban J connectivity index is 2.74. The molecule has 0 spiro atoms. The summed E-state index contributed by atoms with van der Waals surface area (Å²) in [7, 11) is 0. The molecule has 1 atom stereocenters. The molecule has 1 unspecified atom stereocenters. The van der Waals surface area contributed by atoms with E-state index in [1.807, 2.05) is 6.26 Å². The van der Waals surface area contributed by atoms with Crippen molar-refractivity contribution in [2.75, 3.05) is 6.26 Å². The lowest BCUT2D eigenvalue weighted by Gasteiger charge is -2.11. The second-order valence-corrected chi connectivity index (χ2v) is 4.38. The molecule has 0 fully saturated rings. The van der Waals surface area contributed by atoms with Crippen LogP contribution in [-0.4, -0.2) is 29.3 Å². The van der Waals surface area contributed by atoms with Crippen molar-refractivity contribution in [3.05, 3.63) is 29.8 Å². The van der Waals surface area contributed by atoms with E-state index in [9.17, 15) is 9.59 Å². The van der Waals surface area contributed by atoms with Crippen molar-refractivity contribution in [3.8, 4) is 12.3 Å². The van der Waals surface area contributed by atoms with Crippen LogP contribution in [0.25, 0.3) is 0 Å². The highest BCUT2D eigenvalue weighted by Gasteiger charge is 2.19. The number of hydrogen-bond donors (Lipinski definition) is 2. The van der Waals surface area contributed by atoms with Gasteiger partial charge in [0.15, 0.2) is 0 Å². The molecule has 1 amide bonds. The summed E-state index contributed by atoms with van der Waals surface area (Å²) in [6, 6.07) is 5.85. The number of hydrogen-bond acceptors (Lipinski definition) is 3. The fourth-order valence-corrected chi connectivity index (χ4v) is 1.71. The molecule has 18 heavy (non-hydrogen) atoms. The number of benzene rings is 1. The van der Waals surface area contributed by atoms with E-state index in [-0.39, 0.29) is 6.42 Å². The molecule has 2 N–H and O–H groups in total. The lowest BCUT2D eigenvalue weighted by atomic mass is 10.1. The number of rotatable bonds is 5. The second kappa shape index (κ2) is 6.72. The molecule has 0 saturated carbocycles. The van der Waals surface area contributed by atoms with Gasteiger partial charge in [0.2, 0.25) is 0 Å². The number of carbonyl (C=O) groups excluding carboxylic acids is 1. The van der Waals surface area contributed by atoms with Gasteiger partial charge in [0.1, 0.15) is 6.04 Å². The van der Waals surface area contributed by atoms with E-state index in [4.69, 9.17) is 11.5 Å². The number of nitrogens with one attached hydrogen (secondary N) is 1. The highest BCUT2D eigenvalue weighted by molar-refractivity contribution is 7.98. The molecule has 0 aliphatic rings. The van der Waals surface area contributed by atoms with Crippen molar-refractivity contribution in [3.63, 3.8) is 0 Å². The molecule has 0 saturated heterocycles. The third kappa shape index (κ3) is 3.82. The molecule has 1 aromatic carbocycles. The average molecular weight is 263 g/mol. The number of amides is 1. The summed E-state index contributed by atoms with van der Waals surface area (Å²) in [5, 5.41) is 11.3. The number of carbonyl (C=O) groups is 2. The van der Waals surface area contributed by atoms with Crippen molar-refractivity contribution in [2.24, 2.45) is 0 Å². The summed E-state index contributed by atoms with van der Waals surface area (Å²) >= 11 is 1.56. The van der Waals surface area contributed by atoms with E-state index >= 15 is 0 Å². The zero-order chi connectivity index (χ0) is 13.5. The van der Waals surface area contributed by atoms with Gasteiger partial charge < -0.3 is 10.4 Å². The van der Waals surface area contributed by atoms with E-state index in [2.05, 4.69) is 11.2 Å². The normalized spacial score (nSPS) is 11.3. The van der Waals surface area contributed by atoms with Crippen LogP contribution in [0.3, 0.4) is 0 Å². The summed E-state index contributed by atoms with van der Waals surface area (Å²) in [4.78, 5) is 23.7. The van der Waals surface area contributed by atoms with Gasteiger partial charge in [0.25, 0.3) is 5.91 Å². The van der Waals surface area contributed by atoms with Gasteiger partial charge in [-0.3, -0.25) is 4.79 Å². The van der Waals surface area contributed by atoms with Gasteiger partial charge in [-0.2, -0.15) is 0 Å². The Kier molecular flexibility index (Phi) is 5.28. The van der Waals surface area contributed by atoms with Gasteiger partial charge in [0, 0.05) is 16.9 Å². The molecule has 1 rings (SSSR count). The van der Waals surface area contributed by atoms with Crippen molar-refractivity contribution in [2.45, 2.75) is 17.4 Å². The predicted octanol–water partition coefficient (Wildman–Crippen LogP) is 1.61. The van der Waals surface area contributed by atoms with Crippen LogP contribution in [0.2, 0.25) is 0 Å². The van der Waals surface area contributed by atoms with E-state index in [0.717, 1.165) is 4.90 Å². The Hall–Kier alpha value is -1.93. The molecule has 0 heterocycles. The lowest BCUT2D eigenvalue weighted by Crippen LogP contribution is -2.40. The summed E-state index contributed by atoms with van der Waals surface area (Å²) < 4.78 is 0. The third-order valence-electron chi connectivity index (χ3n) is 2.28. The van der Waals surface area contributed by atoms with Gasteiger partial charge in [-0.15, -0.1) is 24.1 Å². The van der Waals surface area contributed by atoms with Gasteiger partial charge in [0.05, 0.1) is 0 Å². The van der Waals surface area contributed by atoms with E-state index in [1.165, 1.54) is 0 Å². The minimum Gasteiger partial charge on any atom is -0.480 e. The topological polar surface area (TPSA) is 66.4 Å². The van der Waals surface area contributed by atoms with Crippen molar-refractivity contribution in [1.29, 1.82) is 0 Å². The first-order valence-electron chi connectivity index (χ1n) is 5.19. The maximum Gasteiger partial charge on any atom is 0.327 e. The Morgan fingerprint density at radius 2 is 2.06 bits per heavy atom. The fraction of sp³-hybridized carbons (Fsp3) is 0.231. The lowest BCUT2D eigenvalue weighted by molar-refractivity contribution is -0.139. The molecule has 5 heteroatoms. The maximum absolute atomic E-state index is 11.8. The quantitative estimate of drug-likeness (QED) is 0.625. The summed E-state index contributed by atoms with van der Waals surface area (Å²) in [6.45, 7) is 0. The number of terminal acetylenes is 1. The largest absolute Gasteiger partial charge is 0.480 e. The number of carboxylic acid groups (broad SMARTS) is 1. The molecule has 4 nitrogen and oxygen atoms in total. The van der Waals surface area contributed by atoms with Crippen LogP contribution in [0, 0.1) is 12.3 Å². The predicted molar refractivity (Wildman–Crippen MR) is 70.6 cm³/mol. The molecule has 0 aliphatic heterocycles. The number of thioether (sulfide) groups is 1. The highest BCUT2D eigenvalue weighted by atomic mass is 32.2. The van der Waals surface area contributed by atoms with Gasteiger partial charge in [-0.05, 0) is 30.5 Å². The van der Waals surface area contributed by atoms with Crippen molar-refractivity contribution < 1.29 is 14.7 Å². The number of aliphatic carboxylic acids is 1. The standard InChI is InChI=1S/C13H13NO3S/c1-3-4-11(13(16)17)14-12(15)9-5-7-10(18-2)8-6-9/h1,5-8,11H,4H2,2H3,(H,14,15)(H,16,17). The van der Waals surface area contributed by atoms with E-state index in [0.29, 0.717) is 5.56 Å². The zero-order valence-corrected chi connectivity index (χ0v) is 10.7. The Morgan fingerprint density at radius 1 is 1.44 bits per heavy atom. The van der Waals surface area contributed by atoms with Crippen LogP contribution in [0.15, 0.2) is 29.2 Å². The minimum absolute atomic E-state index is 0.0377. The molecular weight excluding hydrogens is 250 g/mol. The molecule has 94 valence electrons. The Labute approximate surface area is 110 Å². The van der Waals surface area contributed by atoms with Crippen molar-refractivity contribution in [1.82, 2.24) is 5.32 Å². The van der Waals surface area contributed by atoms with Crippen LogP contribution < -0.4 is 5.32 Å². The highest BCUT2D eigenvalue weighted by Crippen LogP contribution is 2.14. The number of carboxylic acids is 1. The molecule has 0 bridgehead atoms. The summed E-state index contributed by atoms with van der Waals surface area (Å²) in [6.07, 6.45) is 6.95. The molecule has 0 radical (unpaired) electrons. The molecule has 0 aromatic heterocycles. The van der Waals surface area contributed by atoms with Crippen LogP contribution in [0.1, 0.15) is 16.8 Å².